The van der Waals surface area contributed by atoms with Gasteiger partial charge < -0.3 is 16.4 Å². The van der Waals surface area contributed by atoms with Crippen LogP contribution in [-0.2, 0) is 10.0 Å². The van der Waals surface area contributed by atoms with Crippen molar-refractivity contribution in [3.8, 4) is 0 Å². The predicted octanol–water partition coefficient (Wildman–Crippen LogP) is -0.376. The minimum Gasteiger partial charge on any atom is -0.330 e. The number of nitrogens with one attached hydrogen (secondary N) is 3. The molecule has 0 radical (unpaired) electrons. The quantitative estimate of drug-likeness (QED) is 0.328. The van der Waals surface area contributed by atoms with Crippen LogP contribution in [0, 0.1) is 0 Å². The van der Waals surface area contributed by atoms with E-state index in [1.165, 1.54) is 0 Å². The maximum absolute atomic E-state index is 11.1. The average Bonchev–Trinajstić information content (AvgIpc) is 2.40. The topological polar surface area (TPSA) is 96.2 Å². The van der Waals surface area contributed by atoms with Crippen LogP contribution in [0.5, 0.6) is 0 Å². The molecule has 0 amide bonds. The number of hydrogen-bond acceptors (Lipinski definition) is 5. The lowest BCUT2D eigenvalue weighted by Crippen LogP contribution is -2.29. The summed E-state index contributed by atoms with van der Waals surface area (Å²) in [5.74, 6) is 0.150. The number of nitrogens with two attached hydrogens (primary N) is 1. The highest BCUT2D eigenvalue weighted by atomic mass is 32.2. The average molecular weight is 294 g/mol. The van der Waals surface area contributed by atoms with Crippen LogP contribution in [0.2, 0.25) is 0 Å². The molecule has 0 rings (SSSR count). The van der Waals surface area contributed by atoms with Gasteiger partial charge in [0, 0.05) is 6.54 Å². The van der Waals surface area contributed by atoms with E-state index >= 15 is 0 Å². The highest BCUT2D eigenvalue weighted by Gasteiger charge is 2.03. The lowest BCUT2D eigenvalue weighted by Gasteiger charge is -2.07. The summed E-state index contributed by atoms with van der Waals surface area (Å²) >= 11 is 0. The monoisotopic (exact) mass is 294 g/mol. The maximum Gasteiger partial charge on any atom is 0.211 e. The molecule has 0 aromatic rings. The highest BCUT2D eigenvalue weighted by molar-refractivity contribution is 7.89. The van der Waals surface area contributed by atoms with E-state index in [2.05, 4.69) is 15.4 Å². The number of unbranched alkanes of at least 4 members (excludes halogenated alkanes) is 1. The summed E-state index contributed by atoms with van der Waals surface area (Å²) in [6.07, 6.45) is 4.15. The molecule has 0 atom stereocenters. The molecule has 116 valence electrons. The van der Waals surface area contributed by atoms with Gasteiger partial charge in [-0.15, -0.1) is 0 Å². The minimum absolute atomic E-state index is 0.150. The van der Waals surface area contributed by atoms with Crippen molar-refractivity contribution in [1.82, 2.24) is 15.4 Å². The summed E-state index contributed by atoms with van der Waals surface area (Å²) in [6, 6.07) is 0. The summed E-state index contributed by atoms with van der Waals surface area (Å²) < 4.78 is 24.8. The summed E-state index contributed by atoms with van der Waals surface area (Å²) in [5, 5.41) is 6.65. The Kier molecular flexibility index (Phi) is 12.7. The van der Waals surface area contributed by atoms with Crippen LogP contribution in [0.25, 0.3) is 0 Å². The molecule has 7 heteroatoms. The zero-order valence-electron chi connectivity index (χ0n) is 12.1. The highest BCUT2D eigenvalue weighted by Crippen LogP contribution is 1.86. The summed E-state index contributed by atoms with van der Waals surface area (Å²) in [7, 11) is -3.03. The zero-order valence-corrected chi connectivity index (χ0v) is 12.9. The van der Waals surface area contributed by atoms with E-state index < -0.39 is 10.0 Å². The Labute approximate surface area is 118 Å². The van der Waals surface area contributed by atoms with Crippen molar-refractivity contribution in [2.24, 2.45) is 5.73 Å². The summed E-state index contributed by atoms with van der Waals surface area (Å²) in [4.78, 5) is 0. The first-order chi connectivity index (χ1) is 9.12. The normalized spacial score (nSPS) is 11.9. The number of rotatable bonds is 14. The fraction of sp³-hybridized carbons (Fsp3) is 1.00. The predicted molar refractivity (Wildman–Crippen MR) is 80.7 cm³/mol. The van der Waals surface area contributed by atoms with Crippen LogP contribution in [0.3, 0.4) is 0 Å². The van der Waals surface area contributed by atoms with Crippen LogP contribution in [-0.4, -0.2) is 53.4 Å². The molecule has 0 unspecified atom stereocenters. The Morgan fingerprint density at radius 3 is 1.89 bits per heavy atom. The molecule has 0 fully saturated rings. The number of sulfonamides is 1. The smallest absolute Gasteiger partial charge is 0.211 e. The van der Waals surface area contributed by atoms with Crippen molar-refractivity contribution in [1.29, 1.82) is 0 Å². The fourth-order valence-corrected chi connectivity index (χ4v) is 2.18. The van der Waals surface area contributed by atoms with Gasteiger partial charge in [-0.25, -0.2) is 13.1 Å². The largest absolute Gasteiger partial charge is 0.330 e. The second-order valence-corrected chi connectivity index (χ2v) is 6.60. The molecule has 0 aliphatic carbocycles. The van der Waals surface area contributed by atoms with E-state index in [1.54, 1.807) is 6.92 Å². The molecule has 0 aliphatic heterocycles. The van der Waals surface area contributed by atoms with E-state index in [9.17, 15) is 8.42 Å². The molecular formula is C12H30N4O2S. The Morgan fingerprint density at radius 1 is 0.842 bits per heavy atom. The molecular weight excluding hydrogens is 264 g/mol. The molecule has 0 spiro atoms. The van der Waals surface area contributed by atoms with Gasteiger partial charge in [-0.3, -0.25) is 0 Å². The van der Waals surface area contributed by atoms with Crippen LogP contribution in [0.1, 0.15) is 32.6 Å². The van der Waals surface area contributed by atoms with Gasteiger partial charge in [0.1, 0.15) is 0 Å². The molecule has 6 nitrogen and oxygen atoms in total. The Morgan fingerprint density at radius 2 is 1.37 bits per heavy atom. The first kappa shape index (κ1) is 18.8. The van der Waals surface area contributed by atoms with Gasteiger partial charge in [-0.2, -0.15) is 0 Å². The lowest BCUT2D eigenvalue weighted by molar-refractivity contribution is 0.559. The maximum atomic E-state index is 11.1. The van der Waals surface area contributed by atoms with Gasteiger partial charge in [0.25, 0.3) is 0 Å². The summed E-state index contributed by atoms with van der Waals surface area (Å²) in [5.41, 5.74) is 5.39. The third-order valence-electron chi connectivity index (χ3n) is 2.75. The van der Waals surface area contributed by atoms with Gasteiger partial charge in [0.15, 0.2) is 0 Å². The van der Waals surface area contributed by atoms with Gasteiger partial charge in [0.05, 0.1) is 5.75 Å². The van der Waals surface area contributed by atoms with Crippen molar-refractivity contribution in [2.75, 3.05) is 45.0 Å². The second kappa shape index (κ2) is 12.8. The Hall–Kier alpha value is -0.210. The van der Waals surface area contributed by atoms with Crippen molar-refractivity contribution < 1.29 is 8.42 Å². The molecule has 0 heterocycles. The van der Waals surface area contributed by atoms with Crippen LogP contribution in [0.4, 0.5) is 0 Å². The van der Waals surface area contributed by atoms with Crippen LogP contribution < -0.4 is 21.1 Å². The van der Waals surface area contributed by atoms with Crippen molar-refractivity contribution in [2.45, 2.75) is 32.6 Å². The van der Waals surface area contributed by atoms with Crippen molar-refractivity contribution >= 4 is 10.0 Å². The Balaban J connectivity index is 3.11. The fourth-order valence-electron chi connectivity index (χ4n) is 1.52. The zero-order chi connectivity index (χ0) is 14.4. The molecule has 0 aromatic carbocycles. The SMILES string of the molecule is CCS(=O)(=O)NCCCNCCCCNCCCN. The molecule has 5 N–H and O–H groups in total. The van der Waals surface area contributed by atoms with E-state index in [0.29, 0.717) is 6.54 Å². The van der Waals surface area contributed by atoms with Crippen molar-refractivity contribution in [3.63, 3.8) is 0 Å². The second-order valence-electron chi connectivity index (χ2n) is 4.50. The molecule has 0 aromatic heterocycles. The molecule has 0 aliphatic rings. The van der Waals surface area contributed by atoms with Crippen LogP contribution >= 0.6 is 0 Å². The summed E-state index contributed by atoms with van der Waals surface area (Å²) in [6.45, 7) is 6.79. The molecule has 0 saturated carbocycles. The van der Waals surface area contributed by atoms with E-state index in [-0.39, 0.29) is 5.75 Å². The van der Waals surface area contributed by atoms with Gasteiger partial charge >= 0.3 is 0 Å². The van der Waals surface area contributed by atoms with Gasteiger partial charge in [0.2, 0.25) is 10.0 Å². The minimum atomic E-state index is -3.03. The Bertz CT molecular complexity index is 283. The first-order valence-corrected chi connectivity index (χ1v) is 8.86. The van der Waals surface area contributed by atoms with E-state index in [4.69, 9.17) is 5.73 Å². The van der Waals surface area contributed by atoms with Crippen LogP contribution in [0.15, 0.2) is 0 Å². The standard InChI is InChI=1S/C12H30N4O2S/c1-2-19(17,18)16-12-6-11-15-9-4-3-8-14-10-5-7-13/h14-16H,2-13H2,1H3. The lowest BCUT2D eigenvalue weighted by atomic mass is 10.3. The first-order valence-electron chi connectivity index (χ1n) is 7.21. The van der Waals surface area contributed by atoms with Gasteiger partial charge in [-0.05, 0) is 65.3 Å². The van der Waals surface area contributed by atoms with Crippen molar-refractivity contribution in [3.05, 3.63) is 0 Å². The third kappa shape index (κ3) is 14.0. The third-order valence-corrected chi connectivity index (χ3v) is 4.15. The van der Waals surface area contributed by atoms with E-state index in [0.717, 1.165) is 58.4 Å². The van der Waals surface area contributed by atoms with Gasteiger partial charge in [-0.1, -0.05) is 0 Å². The molecule has 19 heavy (non-hydrogen) atoms. The van der Waals surface area contributed by atoms with E-state index in [1.807, 2.05) is 0 Å². The number of hydrogen-bond donors (Lipinski definition) is 4. The molecule has 0 bridgehead atoms. The molecule has 0 saturated heterocycles.